The Morgan fingerprint density at radius 1 is 0.769 bits per heavy atom. The second kappa shape index (κ2) is 8.21. The minimum Gasteiger partial charge on any atom is -0.484 e. The van der Waals surface area contributed by atoms with Crippen molar-refractivity contribution in [3.63, 3.8) is 0 Å². The Bertz CT molecular complexity index is 853. The van der Waals surface area contributed by atoms with E-state index < -0.39 is 0 Å². The fourth-order valence-corrected chi connectivity index (χ4v) is 2.56. The summed E-state index contributed by atoms with van der Waals surface area (Å²) in [5.74, 6) is 1.91. The number of carbonyl (C=O) groups excluding carboxylic acids is 1. The highest BCUT2D eigenvalue weighted by Gasteiger charge is 2.08. The molecule has 1 N–H and O–H groups in total. The number of para-hydroxylation sites is 2. The van der Waals surface area contributed by atoms with Crippen LogP contribution >= 0.6 is 0 Å². The van der Waals surface area contributed by atoms with Crippen LogP contribution in [0.4, 0.5) is 5.69 Å². The van der Waals surface area contributed by atoms with E-state index in [1.165, 1.54) is 0 Å². The number of hydrogen-bond acceptors (Lipinski definition) is 3. The molecule has 0 aliphatic heterocycles. The van der Waals surface area contributed by atoms with Crippen molar-refractivity contribution in [1.29, 1.82) is 0 Å². The summed E-state index contributed by atoms with van der Waals surface area (Å²) in [4.78, 5) is 12.1. The molecule has 4 nitrogen and oxygen atoms in total. The molecule has 3 aromatic rings. The van der Waals surface area contributed by atoms with Crippen LogP contribution < -0.4 is 14.8 Å². The standard InChI is InChI=1S/C22H21NO3/c1-16-7-6-8-17(2)22(16)23-21(24)15-25-18-11-13-20(14-12-18)26-19-9-4-3-5-10-19/h3-14H,15H2,1-2H3,(H,23,24). The minimum absolute atomic E-state index is 0.0489. The summed E-state index contributed by atoms with van der Waals surface area (Å²) < 4.78 is 11.3. The first-order chi connectivity index (χ1) is 12.6. The van der Waals surface area contributed by atoms with Crippen molar-refractivity contribution in [2.45, 2.75) is 13.8 Å². The van der Waals surface area contributed by atoms with E-state index in [1.807, 2.05) is 74.5 Å². The molecule has 1 amide bonds. The molecule has 0 aliphatic rings. The van der Waals surface area contributed by atoms with Crippen LogP contribution in [-0.2, 0) is 4.79 Å². The van der Waals surface area contributed by atoms with Crippen LogP contribution in [0.1, 0.15) is 11.1 Å². The van der Waals surface area contributed by atoms with E-state index in [-0.39, 0.29) is 12.5 Å². The van der Waals surface area contributed by atoms with Crippen LogP contribution in [0.5, 0.6) is 17.2 Å². The maximum absolute atomic E-state index is 12.1. The first kappa shape index (κ1) is 17.5. The fourth-order valence-electron chi connectivity index (χ4n) is 2.56. The van der Waals surface area contributed by atoms with Crippen LogP contribution in [0, 0.1) is 13.8 Å². The molecule has 26 heavy (non-hydrogen) atoms. The lowest BCUT2D eigenvalue weighted by Crippen LogP contribution is -2.21. The molecular weight excluding hydrogens is 326 g/mol. The van der Waals surface area contributed by atoms with Crippen molar-refractivity contribution >= 4 is 11.6 Å². The Kier molecular flexibility index (Phi) is 5.54. The number of anilines is 1. The molecule has 0 heterocycles. The summed E-state index contributed by atoms with van der Waals surface area (Å²) in [6.07, 6.45) is 0. The van der Waals surface area contributed by atoms with E-state index in [9.17, 15) is 4.79 Å². The summed E-state index contributed by atoms with van der Waals surface area (Å²) in [6.45, 7) is 3.89. The van der Waals surface area contributed by atoms with Crippen molar-refractivity contribution in [1.82, 2.24) is 0 Å². The molecule has 3 rings (SSSR count). The molecule has 0 radical (unpaired) electrons. The van der Waals surface area contributed by atoms with Crippen LogP contribution in [0.2, 0.25) is 0 Å². The smallest absolute Gasteiger partial charge is 0.262 e. The van der Waals surface area contributed by atoms with Gasteiger partial charge in [0.05, 0.1) is 0 Å². The van der Waals surface area contributed by atoms with Crippen molar-refractivity contribution in [2.24, 2.45) is 0 Å². The van der Waals surface area contributed by atoms with Crippen molar-refractivity contribution in [3.05, 3.63) is 83.9 Å². The number of carbonyl (C=O) groups is 1. The monoisotopic (exact) mass is 347 g/mol. The average Bonchev–Trinajstić information content (AvgIpc) is 2.65. The molecule has 0 fully saturated rings. The Morgan fingerprint density at radius 3 is 2.00 bits per heavy atom. The quantitative estimate of drug-likeness (QED) is 0.674. The van der Waals surface area contributed by atoms with E-state index in [2.05, 4.69) is 5.32 Å². The third-order valence-corrected chi connectivity index (χ3v) is 3.92. The van der Waals surface area contributed by atoms with Gasteiger partial charge in [-0.15, -0.1) is 0 Å². The van der Waals surface area contributed by atoms with E-state index in [0.717, 1.165) is 22.6 Å². The molecular formula is C22H21NO3. The van der Waals surface area contributed by atoms with Gasteiger partial charge in [0.25, 0.3) is 5.91 Å². The topological polar surface area (TPSA) is 47.6 Å². The molecule has 3 aromatic carbocycles. The third kappa shape index (κ3) is 4.63. The number of hydrogen-bond donors (Lipinski definition) is 1. The van der Waals surface area contributed by atoms with E-state index >= 15 is 0 Å². The molecule has 0 unspecified atom stereocenters. The minimum atomic E-state index is -0.188. The zero-order chi connectivity index (χ0) is 18.4. The Morgan fingerprint density at radius 2 is 1.35 bits per heavy atom. The van der Waals surface area contributed by atoms with Gasteiger partial charge in [0.2, 0.25) is 0 Å². The highest BCUT2D eigenvalue weighted by molar-refractivity contribution is 5.93. The number of amides is 1. The number of ether oxygens (including phenoxy) is 2. The zero-order valence-corrected chi connectivity index (χ0v) is 14.9. The maximum atomic E-state index is 12.1. The number of nitrogens with one attached hydrogen (secondary N) is 1. The van der Waals surface area contributed by atoms with Gasteiger partial charge in [0.1, 0.15) is 17.2 Å². The summed E-state index contributed by atoms with van der Waals surface area (Å²) in [5, 5.41) is 2.90. The molecule has 0 atom stereocenters. The lowest BCUT2D eigenvalue weighted by atomic mass is 10.1. The average molecular weight is 347 g/mol. The van der Waals surface area contributed by atoms with Crippen LogP contribution in [-0.4, -0.2) is 12.5 Å². The SMILES string of the molecule is Cc1cccc(C)c1NC(=O)COc1ccc(Oc2ccccc2)cc1. The molecule has 0 aliphatic carbocycles. The van der Waals surface area contributed by atoms with Gasteiger partial charge in [-0.3, -0.25) is 4.79 Å². The summed E-state index contributed by atoms with van der Waals surface area (Å²) >= 11 is 0. The summed E-state index contributed by atoms with van der Waals surface area (Å²) in [7, 11) is 0. The molecule has 0 bridgehead atoms. The van der Waals surface area contributed by atoms with Gasteiger partial charge in [-0.05, 0) is 61.4 Å². The Labute approximate surface area is 153 Å². The lowest BCUT2D eigenvalue weighted by molar-refractivity contribution is -0.118. The highest BCUT2D eigenvalue weighted by atomic mass is 16.5. The van der Waals surface area contributed by atoms with Crippen LogP contribution in [0.3, 0.4) is 0 Å². The predicted molar refractivity (Wildman–Crippen MR) is 103 cm³/mol. The van der Waals surface area contributed by atoms with Crippen molar-refractivity contribution in [2.75, 3.05) is 11.9 Å². The van der Waals surface area contributed by atoms with Gasteiger partial charge in [-0.25, -0.2) is 0 Å². The van der Waals surface area contributed by atoms with Gasteiger partial charge in [0.15, 0.2) is 6.61 Å². The van der Waals surface area contributed by atoms with Gasteiger partial charge < -0.3 is 14.8 Å². The predicted octanol–water partition coefficient (Wildman–Crippen LogP) is 5.11. The number of benzene rings is 3. The van der Waals surface area contributed by atoms with Gasteiger partial charge in [-0.1, -0.05) is 36.4 Å². The third-order valence-electron chi connectivity index (χ3n) is 3.92. The highest BCUT2D eigenvalue weighted by Crippen LogP contribution is 2.24. The van der Waals surface area contributed by atoms with E-state index in [4.69, 9.17) is 9.47 Å². The van der Waals surface area contributed by atoms with Crippen molar-refractivity contribution in [3.8, 4) is 17.2 Å². The van der Waals surface area contributed by atoms with Gasteiger partial charge >= 0.3 is 0 Å². The van der Waals surface area contributed by atoms with Crippen LogP contribution in [0.15, 0.2) is 72.8 Å². The molecule has 0 saturated heterocycles. The summed E-state index contributed by atoms with van der Waals surface area (Å²) in [6, 6.07) is 22.6. The Balaban J connectivity index is 1.54. The Hall–Kier alpha value is -3.27. The van der Waals surface area contributed by atoms with Crippen LogP contribution in [0.25, 0.3) is 0 Å². The first-order valence-electron chi connectivity index (χ1n) is 8.43. The molecule has 0 aromatic heterocycles. The van der Waals surface area contributed by atoms with Gasteiger partial charge in [-0.2, -0.15) is 0 Å². The molecule has 132 valence electrons. The largest absolute Gasteiger partial charge is 0.484 e. The number of aryl methyl sites for hydroxylation is 2. The second-order valence-electron chi connectivity index (χ2n) is 5.99. The van der Waals surface area contributed by atoms with E-state index in [1.54, 1.807) is 12.1 Å². The molecule has 0 saturated carbocycles. The number of rotatable bonds is 6. The second-order valence-corrected chi connectivity index (χ2v) is 5.99. The molecule has 0 spiro atoms. The summed E-state index contributed by atoms with van der Waals surface area (Å²) in [5.41, 5.74) is 2.90. The van der Waals surface area contributed by atoms with Gasteiger partial charge in [0, 0.05) is 5.69 Å². The first-order valence-corrected chi connectivity index (χ1v) is 8.43. The van der Waals surface area contributed by atoms with E-state index in [0.29, 0.717) is 11.5 Å². The fraction of sp³-hybridized carbons (Fsp3) is 0.136. The maximum Gasteiger partial charge on any atom is 0.262 e. The lowest BCUT2D eigenvalue weighted by Gasteiger charge is -2.12. The van der Waals surface area contributed by atoms with Crippen molar-refractivity contribution < 1.29 is 14.3 Å². The normalized spacial score (nSPS) is 10.2. The molecule has 4 heteroatoms. The zero-order valence-electron chi connectivity index (χ0n) is 14.9.